The van der Waals surface area contributed by atoms with Crippen molar-refractivity contribution in [2.75, 3.05) is 7.11 Å². The van der Waals surface area contributed by atoms with E-state index in [0.717, 1.165) is 26.5 Å². The summed E-state index contributed by atoms with van der Waals surface area (Å²) < 4.78 is 12.1. The van der Waals surface area contributed by atoms with Crippen molar-refractivity contribution in [2.24, 2.45) is 10.7 Å². The number of rotatable bonds is 6. The number of carbonyl (C=O) groups excluding carboxylic acids is 1. The summed E-state index contributed by atoms with van der Waals surface area (Å²) in [6, 6.07) is 10.1. The monoisotopic (exact) mass is 510 g/mol. The zero-order valence-electron chi connectivity index (χ0n) is 14.6. The molecule has 1 aliphatic rings. The van der Waals surface area contributed by atoms with Gasteiger partial charge in [0.05, 0.1) is 21.1 Å². The van der Waals surface area contributed by atoms with Crippen molar-refractivity contribution in [3.63, 3.8) is 0 Å². The maximum atomic E-state index is 11.8. The van der Waals surface area contributed by atoms with Gasteiger partial charge in [-0.2, -0.15) is 4.99 Å². The molecule has 1 aliphatic heterocycles. The van der Waals surface area contributed by atoms with Crippen molar-refractivity contribution in [1.82, 2.24) is 0 Å². The molecule has 2 aromatic carbocycles. The molecule has 0 spiro atoms. The number of methoxy groups -OCH3 is 1. The number of ether oxygens (including phenoxy) is 2. The van der Waals surface area contributed by atoms with Crippen LogP contribution in [0, 0.1) is 3.57 Å². The van der Waals surface area contributed by atoms with Crippen LogP contribution in [0.25, 0.3) is 6.08 Å². The summed E-state index contributed by atoms with van der Waals surface area (Å²) in [4.78, 5) is 27.0. The quantitative estimate of drug-likeness (QED) is 0.452. The smallest absolute Gasteiger partial charge is 0.335 e. The van der Waals surface area contributed by atoms with E-state index in [1.807, 2.05) is 6.07 Å². The molecule has 0 aliphatic carbocycles. The van der Waals surface area contributed by atoms with Crippen LogP contribution >= 0.6 is 34.4 Å². The van der Waals surface area contributed by atoms with E-state index in [9.17, 15) is 9.59 Å². The van der Waals surface area contributed by atoms with Crippen LogP contribution in [-0.2, 0) is 11.4 Å². The van der Waals surface area contributed by atoms with E-state index in [1.54, 1.807) is 30.3 Å². The minimum Gasteiger partial charge on any atom is -0.493 e. The van der Waals surface area contributed by atoms with Crippen LogP contribution in [0.1, 0.15) is 21.5 Å². The Labute approximate surface area is 178 Å². The van der Waals surface area contributed by atoms with Gasteiger partial charge in [0.1, 0.15) is 6.61 Å². The maximum Gasteiger partial charge on any atom is 0.335 e. The molecule has 0 saturated carbocycles. The lowest BCUT2D eigenvalue weighted by Crippen LogP contribution is -2.02. The molecule has 0 fully saturated rings. The first-order valence-electron chi connectivity index (χ1n) is 7.98. The Balaban J connectivity index is 1.82. The van der Waals surface area contributed by atoms with E-state index in [-0.39, 0.29) is 23.2 Å². The second-order valence-corrected chi connectivity index (χ2v) is 7.92. The average Bonchev–Trinajstić information content (AvgIpc) is 2.97. The van der Waals surface area contributed by atoms with E-state index in [1.165, 1.54) is 13.2 Å². The molecule has 9 heteroatoms. The summed E-state index contributed by atoms with van der Waals surface area (Å²) in [6.07, 6.45) is 1.70. The number of hydrogen-bond acceptors (Lipinski definition) is 6. The van der Waals surface area contributed by atoms with Crippen molar-refractivity contribution in [2.45, 2.75) is 6.61 Å². The van der Waals surface area contributed by atoms with Crippen LogP contribution < -0.4 is 15.2 Å². The highest BCUT2D eigenvalue weighted by Crippen LogP contribution is 2.36. The van der Waals surface area contributed by atoms with E-state index in [4.69, 9.17) is 20.3 Å². The van der Waals surface area contributed by atoms with Crippen molar-refractivity contribution in [3.8, 4) is 11.5 Å². The highest BCUT2D eigenvalue weighted by atomic mass is 127. The first kappa shape index (κ1) is 20.2. The van der Waals surface area contributed by atoms with Gasteiger partial charge in [-0.1, -0.05) is 12.1 Å². The van der Waals surface area contributed by atoms with E-state index in [0.29, 0.717) is 16.4 Å². The zero-order valence-corrected chi connectivity index (χ0v) is 17.6. The molecule has 0 saturated heterocycles. The summed E-state index contributed by atoms with van der Waals surface area (Å²) in [5.41, 5.74) is 7.25. The van der Waals surface area contributed by atoms with E-state index in [2.05, 4.69) is 27.6 Å². The molecule has 28 heavy (non-hydrogen) atoms. The molecular weight excluding hydrogens is 495 g/mol. The minimum atomic E-state index is -0.990. The van der Waals surface area contributed by atoms with Gasteiger partial charge in [0, 0.05) is 0 Å². The third-order valence-electron chi connectivity index (χ3n) is 3.74. The summed E-state index contributed by atoms with van der Waals surface area (Å²) in [7, 11) is 1.52. The molecule has 0 aromatic heterocycles. The Hall–Kier alpha value is -2.53. The number of nitrogens with zero attached hydrogens (tertiary/aromatic N) is 1. The highest BCUT2D eigenvalue weighted by Gasteiger charge is 2.20. The normalized spacial score (nSPS) is 14.9. The summed E-state index contributed by atoms with van der Waals surface area (Å²) in [6.45, 7) is 0.187. The predicted molar refractivity (Wildman–Crippen MR) is 116 cm³/mol. The van der Waals surface area contributed by atoms with Gasteiger partial charge in [-0.05, 0) is 75.8 Å². The number of nitrogens with two attached hydrogens (primary N) is 1. The van der Waals surface area contributed by atoms with Crippen molar-refractivity contribution >= 4 is 57.5 Å². The Bertz CT molecular complexity index is 1020. The Kier molecular flexibility index (Phi) is 6.25. The van der Waals surface area contributed by atoms with E-state index >= 15 is 0 Å². The number of carboxylic acid groups (broad SMARTS) is 1. The molecule has 0 atom stereocenters. The molecule has 1 amide bonds. The van der Waals surface area contributed by atoms with Gasteiger partial charge in [-0.15, -0.1) is 0 Å². The van der Waals surface area contributed by atoms with Gasteiger partial charge in [0.25, 0.3) is 5.91 Å². The summed E-state index contributed by atoms with van der Waals surface area (Å²) >= 11 is 3.24. The SMILES string of the molecule is COc1cc(C=C2SC(N)=NC2=O)cc(I)c1OCc1cccc(C(=O)O)c1. The first-order valence-corrected chi connectivity index (χ1v) is 9.87. The zero-order chi connectivity index (χ0) is 20.3. The lowest BCUT2D eigenvalue weighted by molar-refractivity contribution is -0.113. The minimum absolute atomic E-state index is 0.187. The molecule has 0 bridgehead atoms. The number of benzene rings is 2. The van der Waals surface area contributed by atoms with Crippen LogP contribution in [0.2, 0.25) is 0 Å². The molecule has 1 heterocycles. The Morgan fingerprint density at radius 2 is 2.14 bits per heavy atom. The number of carbonyl (C=O) groups is 2. The van der Waals surface area contributed by atoms with Gasteiger partial charge < -0.3 is 20.3 Å². The standard InChI is InChI=1S/C19H15IN2O5S/c1-26-14-7-11(8-15-17(23)22-19(21)28-15)6-13(20)16(14)27-9-10-3-2-4-12(5-10)18(24)25/h2-8H,9H2,1H3,(H,24,25)(H2,21,22,23). The van der Waals surface area contributed by atoms with Crippen molar-refractivity contribution in [1.29, 1.82) is 0 Å². The fourth-order valence-corrected chi connectivity index (χ4v) is 3.95. The van der Waals surface area contributed by atoms with Gasteiger partial charge in [0.15, 0.2) is 16.7 Å². The van der Waals surface area contributed by atoms with Gasteiger partial charge in [0.2, 0.25) is 0 Å². The van der Waals surface area contributed by atoms with Gasteiger partial charge in [-0.25, -0.2) is 4.79 Å². The molecule has 0 unspecified atom stereocenters. The predicted octanol–water partition coefficient (Wildman–Crippen LogP) is 3.51. The average molecular weight is 510 g/mol. The third kappa shape index (κ3) is 4.65. The van der Waals surface area contributed by atoms with Crippen molar-refractivity contribution in [3.05, 3.63) is 61.6 Å². The number of amidine groups is 1. The van der Waals surface area contributed by atoms with Crippen molar-refractivity contribution < 1.29 is 24.2 Å². The molecule has 144 valence electrons. The van der Waals surface area contributed by atoms with Crippen LogP contribution in [0.4, 0.5) is 0 Å². The molecule has 0 radical (unpaired) electrons. The number of amides is 1. The number of hydrogen-bond donors (Lipinski definition) is 2. The Morgan fingerprint density at radius 3 is 2.79 bits per heavy atom. The number of carboxylic acids is 1. The second-order valence-electron chi connectivity index (χ2n) is 5.69. The molecular formula is C19H15IN2O5S. The van der Waals surface area contributed by atoms with Gasteiger partial charge in [-0.3, -0.25) is 4.79 Å². The highest BCUT2D eigenvalue weighted by molar-refractivity contribution is 14.1. The van der Waals surface area contributed by atoms with Crippen LogP contribution in [-0.4, -0.2) is 29.3 Å². The largest absolute Gasteiger partial charge is 0.493 e. The van der Waals surface area contributed by atoms with Crippen LogP contribution in [0.15, 0.2) is 46.3 Å². The van der Waals surface area contributed by atoms with Crippen LogP contribution in [0.5, 0.6) is 11.5 Å². The lowest BCUT2D eigenvalue weighted by atomic mass is 10.1. The number of thioether (sulfide) groups is 1. The summed E-state index contributed by atoms with van der Waals surface area (Å²) in [5, 5.41) is 9.32. The topological polar surface area (TPSA) is 111 Å². The number of aromatic carboxylic acids is 1. The maximum absolute atomic E-state index is 11.8. The first-order chi connectivity index (χ1) is 13.4. The van der Waals surface area contributed by atoms with Crippen LogP contribution in [0.3, 0.4) is 0 Å². The number of halogens is 1. The second kappa shape index (κ2) is 8.65. The molecule has 2 aromatic rings. The van der Waals surface area contributed by atoms with E-state index < -0.39 is 5.97 Å². The summed E-state index contributed by atoms with van der Waals surface area (Å²) in [5.74, 6) is -0.324. The lowest BCUT2D eigenvalue weighted by Gasteiger charge is -2.14. The molecule has 3 N–H and O–H groups in total. The molecule has 7 nitrogen and oxygen atoms in total. The van der Waals surface area contributed by atoms with Gasteiger partial charge >= 0.3 is 5.97 Å². The fourth-order valence-electron chi connectivity index (χ4n) is 2.49. The number of aliphatic imine (C=N–C) groups is 1. The third-order valence-corrected chi connectivity index (χ3v) is 5.36. The fraction of sp³-hybridized carbons (Fsp3) is 0.105. The Morgan fingerprint density at radius 1 is 1.36 bits per heavy atom. The molecule has 3 rings (SSSR count).